The van der Waals surface area contributed by atoms with E-state index < -0.39 is 0 Å². The first-order valence-corrected chi connectivity index (χ1v) is 6.52. The fourth-order valence-corrected chi connectivity index (χ4v) is 2.62. The summed E-state index contributed by atoms with van der Waals surface area (Å²) in [5.41, 5.74) is 0.322. The van der Waals surface area contributed by atoms with Crippen molar-refractivity contribution in [2.75, 3.05) is 13.1 Å². The van der Waals surface area contributed by atoms with Crippen LogP contribution in [0.15, 0.2) is 18.2 Å². The van der Waals surface area contributed by atoms with Crippen molar-refractivity contribution in [3.05, 3.63) is 33.8 Å². The molecule has 0 bridgehead atoms. The maximum atomic E-state index is 12.3. The number of rotatable bonds is 1. The van der Waals surface area contributed by atoms with Crippen LogP contribution in [-0.2, 0) is 4.79 Å². The molecule has 1 heterocycles. The van der Waals surface area contributed by atoms with Gasteiger partial charge in [0.25, 0.3) is 5.91 Å². The van der Waals surface area contributed by atoms with Crippen molar-refractivity contribution in [2.24, 2.45) is 5.92 Å². The smallest absolute Gasteiger partial charge is 0.256 e. The van der Waals surface area contributed by atoms with Gasteiger partial charge in [-0.25, -0.2) is 0 Å². The van der Waals surface area contributed by atoms with Crippen LogP contribution in [0.3, 0.4) is 0 Å². The van der Waals surface area contributed by atoms with Gasteiger partial charge in [0.05, 0.1) is 15.6 Å². The van der Waals surface area contributed by atoms with Gasteiger partial charge in [-0.05, 0) is 12.1 Å². The van der Waals surface area contributed by atoms with E-state index in [0.29, 0.717) is 35.1 Å². The van der Waals surface area contributed by atoms with Crippen LogP contribution < -0.4 is 0 Å². The summed E-state index contributed by atoms with van der Waals surface area (Å²) in [6, 6.07) is 4.97. The number of benzene rings is 1. The zero-order chi connectivity index (χ0) is 13.3. The summed E-state index contributed by atoms with van der Waals surface area (Å²) in [6.45, 7) is 2.69. The topological polar surface area (TPSA) is 37.4 Å². The number of piperidine rings is 1. The van der Waals surface area contributed by atoms with E-state index in [1.54, 1.807) is 23.1 Å². The molecule has 1 fully saturated rings. The van der Waals surface area contributed by atoms with Gasteiger partial charge in [0.15, 0.2) is 0 Å². The molecule has 1 aliphatic rings. The molecule has 0 aromatic heterocycles. The summed E-state index contributed by atoms with van der Waals surface area (Å²) in [6.07, 6.45) is 0.398. The molecule has 1 unspecified atom stereocenters. The SMILES string of the molecule is CC1CN(C(=O)c2c(Cl)cccc2Cl)CCC1=O. The van der Waals surface area contributed by atoms with Gasteiger partial charge >= 0.3 is 0 Å². The average Bonchev–Trinajstić information content (AvgIpc) is 2.32. The fraction of sp³-hybridized carbons (Fsp3) is 0.385. The standard InChI is InChI=1S/C13H13Cl2NO2/c1-8-7-16(6-5-11(8)17)13(18)12-9(14)3-2-4-10(12)15/h2-4,8H,5-7H2,1H3. The number of hydrogen-bond acceptors (Lipinski definition) is 2. The van der Waals surface area contributed by atoms with Crippen LogP contribution in [-0.4, -0.2) is 29.7 Å². The molecular weight excluding hydrogens is 273 g/mol. The second-order valence-corrected chi connectivity index (χ2v) is 5.28. The molecule has 1 amide bonds. The fourth-order valence-electron chi connectivity index (χ4n) is 2.06. The van der Waals surface area contributed by atoms with Crippen molar-refractivity contribution in [3.8, 4) is 0 Å². The zero-order valence-electron chi connectivity index (χ0n) is 9.95. The lowest BCUT2D eigenvalue weighted by molar-refractivity contribution is -0.124. The Hall–Kier alpha value is -1.06. The van der Waals surface area contributed by atoms with Gasteiger partial charge in [-0.15, -0.1) is 0 Å². The molecule has 1 saturated heterocycles. The second kappa shape index (κ2) is 5.29. The van der Waals surface area contributed by atoms with E-state index >= 15 is 0 Å². The quantitative estimate of drug-likeness (QED) is 0.795. The summed E-state index contributed by atoms with van der Waals surface area (Å²) < 4.78 is 0. The molecule has 0 spiro atoms. The highest BCUT2D eigenvalue weighted by molar-refractivity contribution is 6.39. The minimum absolute atomic E-state index is 0.121. The van der Waals surface area contributed by atoms with Crippen molar-refractivity contribution in [1.82, 2.24) is 4.90 Å². The van der Waals surface area contributed by atoms with Gasteiger partial charge in [-0.2, -0.15) is 0 Å². The summed E-state index contributed by atoms with van der Waals surface area (Å²) in [7, 11) is 0. The molecule has 0 radical (unpaired) electrons. The summed E-state index contributed by atoms with van der Waals surface area (Å²) in [4.78, 5) is 25.4. The van der Waals surface area contributed by atoms with Crippen LogP contribution in [0.25, 0.3) is 0 Å². The Bertz CT molecular complexity index is 482. The number of Topliss-reactive ketones (excluding diaryl/α,β-unsaturated/α-hetero) is 1. The van der Waals surface area contributed by atoms with Gasteiger partial charge in [-0.3, -0.25) is 9.59 Å². The van der Waals surface area contributed by atoms with Gasteiger partial charge < -0.3 is 4.90 Å². The predicted octanol–water partition coefficient (Wildman–Crippen LogP) is 3.04. The van der Waals surface area contributed by atoms with Crippen LogP contribution in [0, 0.1) is 5.92 Å². The Morgan fingerprint density at radius 3 is 2.50 bits per heavy atom. The minimum Gasteiger partial charge on any atom is -0.337 e. The lowest BCUT2D eigenvalue weighted by Crippen LogP contribution is -2.43. The van der Waals surface area contributed by atoms with Gasteiger partial charge in [0, 0.05) is 25.4 Å². The van der Waals surface area contributed by atoms with Crippen molar-refractivity contribution in [2.45, 2.75) is 13.3 Å². The zero-order valence-corrected chi connectivity index (χ0v) is 11.5. The van der Waals surface area contributed by atoms with E-state index in [2.05, 4.69) is 0 Å². The Kier molecular flexibility index (Phi) is 3.93. The van der Waals surface area contributed by atoms with E-state index in [1.165, 1.54) is 0 Å². The molecule has 5 heteroatoms. The third kappa shape index (κ3) is 2.52. The Labute approximate surface area is 116 Å². The van der Waals surface area contributed by atoms with Gasteiger partial charge in [0.2, 0.25) is 0 Å². The second-order valence-electron chi connectivity index (χ2n) is 4.47. The molecule has 0 aliphatic carbocycles. The highest BCUT2D eigenvalue weighted by atomic mass is 35.5. The largest absolute Gasteiger partial charge is 0.337 e. The van der Waals surface area contributed by atoms with Gasteiger partial charge in [0.1, 0.15) is 5.78 Å². The first-order chi connectivity index (χ1) is 8.50. The van der Waals surface area contributed by atoms with E-state index in [-0.39, 0.29) is 17.6 Å². The molecule has 1 aromatic carbocycles. The number of ketones is 1. The lowest BCUT2D eigenvalue weighted by atomic mass is 9.98. The minimum atomic E-state index is -0.204. The Morgan fingerprint density at radius 2 is 1.94 bits per heavy atom. The maximum Gasteiger partial charge on any atom is 0.256 e. The number of halogens is 2. The molecular formula is C13H13Cl2NO2. The van der Waals surface area contributed by atoms with Crippen molar-refractivity contribution >= 4 is 34.9 Å². The molecule has 2 rings (SSSR count). The van der Waals surface area contributed by atoms with Crippen LogP contribution in [0.5, 0.6) is 0 Å². The predicted molar refractivity (Wildman–Crippen MR) is 71.2 cm³/mol. The normalized spacial score (nSPS) is 20.1. The maximum absolute atomic E-state index is 12.3. The van der Waals surface area contributed by atoms with E-state index in [1.807, 2.05) is 6.92 Å². The third-order valence-electron chi connectivity index (χ3n) is 3.14. The van der Waals surface area contributed by atoms with E-state index in [9.17, 15) is 9.59 Å². The molecule has 0 N–H and O–H groups in total. The van der Waals surface area contributed by atoms with Crippen LogP contribution >= 0.6 is 23.2 Å². The highest BCUT2D eigenvalue weighted by Crippen LogP contribution is 2.27. The Balaban J connectivity index is 2.24. The van der Waals surface area contributed by atoms with Crippen LogP contribution in [0.4, 0.5) is 0 Å². The number of nitrogens with zero attached hydrogens (tertiary/aromatic N) is 1. The number of likely N-dealkylation sites (tertiary alicyclic amines) is 1. The van der Waals surface area contributed by atoms with Crippen LogP contribution in [0.2, 0.25) is 10.0 Å². The van der Waals surface area contributed by atoms with Crippen LogP contribution in [0.1, 0.15) is 23.7 Å². The van der Waals surface area contributed by atoms with E-state index in [0.717, 1.165) is 0 Å². The Morgan fingerprint density at radius 1 is 1.33 bits per heavy atom. The first-order valence-electron chi connectivity index (χ1n) is 5.76. The van der Waals surface area contributed by atoms with Crippen molar-refractivity contribution < 1.29 is 9.59 Å². The first kappa shape index (κ1) is 13.4. The summed E-state index contributed by atoms with van der Waals surface area (Å²) in [5.74, 6) is -0.127. The number of hydrogen-bond donors (Lipinski definition) is 0. The number of amides is 1. The molecule has 0 saturated carbocycles. The van der Waals surface area contributed by atoms with Crippen molar-refractivity contribution in [1.29, 1.82) is 0 Å². The molecule has 1 aromatic rings. The molecule has 1 aliphatic heterocycles. The van der Waals surface area contributed by atoms with Crippen molar-refractivity contribution in [3.63, 3.8) is 0 Å². The number of carbonyl (C=O) groups is 2. The average molecular weight is 286 g/mol. The molecule has 3 nitrogen and oxygen atoms in total. The number of carbonyl (C=O) groups excluding carboxylic acids is 2. The molecule has 1 atom stereocenters. The van der Waals surface area contributed by atoms with Gasteiger partial charge in [-0.1, -0.05) is 36.2 Å². The molecule has 18 heavy (non-hydrogen) atoms. The van der Waals surface area contributed by atoms with E-state index in [4.69, 9.17) is 23.2 Å². The summed E-state index contributed by atoms with van der Waals surface area (Å²) >= 11 is 12.0. The summed E-state index contributed by atoms with van der Waals surface area (Å²) in [5, 5.41) is 0.689. The monoisotopic (exact) mass is 285 g/mol. The molecule has 96 valence electrons. The third-order valence-corrected chi connectivity index (χ3v) is 3.77. The lowest BCUT2D eigenvalue weighted by Gasteiger charge is -2.30. The highest BCUT2D eigenvalue weighted by Gasteiger charge is 2.29.